The fourth-order valence-corrected chi connectivity index (χ4v) is 3.72. The van der Waals surface area contributed by atoms with E-state index in [0.29, 0.717) is 39.1 Å². The van der Waals surface area contributed by atoms with Crippen LogP contribution in [-0.4, -0.2) is 75.3 Å². The van der Waals surface area contributed by atoms with Crippen LogP contribution in [-0.2, 0) is 20.9 Å². The van der Waals surface area contributed by atoms with Crippen molar-refractivity contribution in [3.05, 3.63) is 30.7 Å². The van der Waals surface area contributed by atoms with Crippen LogP contribution in [0.1, 0.15) is 27.2 Å². The lowest BCUT2D eigenvalue weighted by Gasteiger charge is -2.36. The third kappa shape index (κ3) is 5.41. The second kappa shape index (κ2) is 9.91. The van der Waals surface area contributed by atoms with Gasteiger partial charge in [0.05, 0.1) is 17.8 Å². The predicted octanol–water partition coefficient (Wildman–Crippen LogP) is 0.585. The molecule has 3 amide bonds. The summed E-state index contributed by atoms with van der Waals surface area (Å²) in [5.41, 5.74) is 6.86. The maximum Gasteiger partial charge on any atom is 0.244 e. The van der Waals surface area contributed by atoms with Gasteiger partial charge in [0.25, 0.3) is 0 Å². The Hall–Kier alpha value is -2.94. The van der Waals surface area contributed by atoms with E-state index in [1.54, 1.807) is 29.1 Å². The topological polar surface area (TPSA) is 114 Å². The third-order valence-electron chi connectivity index (χ3n) is 5.84. The van der Waals surface area contributed by atoms with Crippen LogP contribution >= 0.6 is 0 Å². The third-order valence-corrected chi connectivity index (χ3v) is 5.84. The lowest BCUT2D eigenvalue weighted by Crippen LogP contribution is -2.57. The Labute approximate surface area is 182 Å². The highest BCUT2D eigenvalue weighted by atomic mass is 16.2. The number of aryl methyl sites for hydroxylation is 1. The Morgan fingerprint density at radius 2 is 1.77 bits per heavy atom. The molecule has 9 nitrogen and oxygen atoms in total. The predicted molar refractivity (Wildman–Crippen MR) is 118 cm³/mol. The minimum absolute atomic E-state index is 0.00217. The molecule has 0 aliphatic carbocycles. The molecular weight excluding hydrogens is 396 g/mol. The lowest BCUT2D eigenvalue weighted by atomic mass is 10.0. The highest BCUT2D eigenvalue weighted by Gasteiger charge is 2.29. The summed E-state index contributed by atoms with van der Waals surface area (Å²) in [6.45, 7) is 7.88. The molecule has 2 aromatic heterocycles. The fourth-order valence-electron chi connectivity index (χ4n) is 3.72. The highest BCUT2D eigenvalue weighted by Crippen LogP contribution is 2.15. The molecule has 2 atom stereocenters. The summed E-state index contributed by atoms with van der Waals surface area (Å²) in [5.74, 6) is -0.403. The van der Waals surface area contributed by atoms with Crippen molar-refractivity contribution in [2.24, 2.45) is 11.7 Å². The van der Waals surface area contributed by atoms with E-state index < -0.39 is 12.1 Å². The van der Waals surface area contributed by atoms with Gasteiger partial charge in [-0.15, -0.1) is 0 Å². The second-order valence-electron chi connectivity index (χ2n) is 8.40. The summed E-state index contributed by atoms with van der Waals surface area (Å²) in [6, 6.07) is 2.68. The van der Waals surface area contributed by atoms with Crippen molar-refractivity contribution in [3.63, 3.8) is 0 Å². The molecule has 0 bridgehead atoms. The average Bonchev–Trinajstić information content (AvgIpc) is 3.19. The van der Waals surface area contributed by atoms with E-state index in [1.807, 2.05) is 36.7 Å². The van der Waals surface area contributed by atoms with Gasteiger partial charge in [-0.05, 0) is 25.0 Å². The highest BCUT2D eigenvalue weighted by molar-refractivity contribution is 5.89. The Balaban J connectivity index is 1.45. The Kier molecular flexibility index (Phi) is 7.27. The number of hydrogen-bond acceptors (Lipinski definition) is 5. The Morgan fingerprint density at radius 1 is 1.10 bits per heavy atom. The van der Waals surface area contributed by atoms with Crippen LogP contribution in [0.3, 0.4) is 0 Å². The molecule has 2 aromatic rings. The molecular formula is C22H32N6O3. The Bertz CT molecular complexity index is 932. The number of nitrogens with zero attached hydrogens (tertiary/aromatic N) is 4. The van der Waals surface area contributed by atoms with Crippen molar-refractivity contribution in [3.8, 4) is 0 Å². The van der Waals surface area contributed by atoms with Gasteiger partial charge >= 0.3 is 0 Å². The number of nitrogens with one attached hydrogen (secondary N) is 1. The summed E-state index contributed by atoms with van der Waals surface area (Å²) in [5, 5.41) is 3.80. The molecule has 3 heterocycles. The van der Waals surface area contributed by atoms with Gasteiger partial charge in [-0.1, -0.05) is 13.8 Å². The van der Waals surface area contributed by atoms with E-state index in [-0.39, 0.29) is 23.6 Å². The quantitative estimate of drug-likeness (QED) is 0.670. The Morgan fingerprint density at radius 3 is 2.45 bits per heavy atom. The zero-order valence-electron chi connectivity index (χ0n) is 18.5. The normalized spacial score (nSPS) is 16.4. The largest absolute Gasteiger partial charge is 0.346 e. The zero-order chi connectivity index (χ0) is 22.5. The molecule has 168 valence electrons. The average molecular weight is 429 g/mol. The number of amides is 3. The van der Waals surface area contributed by atoms with Gasteiger partial charge in [-0.2, -0.15) is 0 Å². The van der Waals surface area contributed by atoms with Crippen LogP contribution in [0.5, 0.6) is 0 Å². The van der Waals surface area contributed by atoms with E-state index in [2.05, 4.69) is 10.3 Å². The van der Waals surface area contributed by atoms with Crippen molar-refractivity contribution < 1.29 is 14.4 Å². The number of fused-ring (bicyclic) bond motifs is 1. The van der Waals surface area contributed by atoms with Gasteiger partial charge in [0.2, 0.25) is 17.7 Å². The molecule has 31 heavy (non-hydrogen) atoms. The number of carbonyl (C=O) groups is 3. The first-order valence-electron chi connectivity index (χ1n) is 10.8. The summed E-state index contributed by atoms with van der Waals surface area (Å²) >= 11 is 0. The zero-order valence-corrected chi connectivity index (χ0v) is 18.5. The molecule has 1 aliphatic rings. The van der Waals surface area contributed by atoms with Crippen LogP contribution in [0.4, 0.5) is 0 Å². The number of nitrogens with two attached hydrogens (primary N) is 1. The van der Waals surface area contributed by atoms with E-state index >= 15 is 0 Å². The van der Waals surface area contributed by atoms with E-state index in [0.717, 1.165) is 10.9 Å². The molecule has 3 N–H and O–H groups in total. The fraction of sp³-hybridized carbons (Fsp3) is 0.545. The van der Waals surface area contributed by atoms with Gasteiger partial charge < -0.3 is 25.4 Å². The molecule has 0 spiro atoms. The first-order chi connectivity index (χ1) is 14.8. The van der Waals surface area contributed by atoms with Crippen molar-refractivity contribution in [2.75, 3.05) is 26.2 Å². The van der Waals surface area contributed by atoms with Gasteiger partial charge in [-0.3, -0.25) is 19.4 Å². The molecule has 0 unspecified atom stereocenters. The summed E-state index contributed by atoms with van der Waals surface area (Å²) in [4.78, 5) is 45.1. The first-order valence-corrected chi connectivity index (χ1v) is 10.8. The maximum atomic E-state index is 12.7. The number of carbonyl (C=O) groups excluding carboxylic acids is 3. The summed E-state index contributed by atoms with van der Waals surface area (Å²) in [7, 11) is 0. The maximum absolute atomic E-state index is 12.7. The first kappa shape index (κ1) is 22.7. The van der Waals surface area contributed by atoms with E-state index in [1.165, 1.54) is 0 Å². The molecule has 0 radical (unpaired) electrons. The summed E-state index contributed by atoms with van der Waals surface area (Å²) < 4.78 is 2.03. The summed E-state index contributed by atoms with van der Waals surface area (Å²) in [6.07, 6.45) is 5.92. The van der Waals surface area contributed by atoms with Crippen LogP contribution in [0.2, 0.25) is 0 Å². The molecule has 1 fully saturated rings. The minimum atomic E-state index is -0.643. The number of aromatic nitrogens is 2. The standard InChI is InChI=1S/C22H32N6O3/c1-15(2)20(23)21(30)25-16(3)22(31)28-12-10-27(11-13-28)19(29)6-9-26-8-5-17-4-7-24-14-18(17)26/h4-5,7-8,14-16,20H,6,9-13,23H2,1-3H3,(H,25,30)/t16-,20+/m1/s1. The van der Waals surface area contributed by atoms with E-state index in [4.69, 9.17) is 5.73 Å². The van der Waals surface area contributed by atoms with Gasteiger partial charge in [-0.25, -0.2) is 0 Å². The molecule has 9 heteroatoms. The minimum Gasteiger partial charge on any atom is -0.346 e. The SMILES string of the molecule is CC(C)[C@H](N)C(=O)N[C@H](C)C(=O)N1CCN(C(=O)CCn2ccc3ccncc32)CC1. The van der Waals surface area contributed by atoms with Gasteiger partial charge in [0.1, 0.15) is 6.04 Å². The van der Waals surface area contributed by atoms with Crippen LogP contribution in [0.25, 0.3) is 10.9 Å². The van der Waals surface area contributed by atoms with Gasteiger partial charge in [0, 0.05) is 56.9 Å². The number of rotatable bonds is 7. The van der Waals surface area contributed by atoms with Crippen molar-refractivity contribution >= 4 is 28.6 Å². The lowest BCUT2D eigenvalue weighted by molar-refractivity contribution is -0.141. The number of pyridine rings is 1. The van der Waals surface area contributed by atoms with Crippen molar-refractivity contribution in [1.29, 1.82) is 0 Å². The molecule has 1 aliphatic heterocycles. The number of piperazine rings is 1. The van der Waals surface area contributed by atoms with Gasteiger partial charge in [0.15, 0.2) is 0 Å². The van der Waals surface area contributed by atoms with Crippen molar-refractivity contribution in [1.82, 2.24) is 24.7 Å². The molecule has 0 aromatic carbocycles. The van der Waals surface area contributed by atoms with Crippen LogP contribution < -0.4 is 11.1 Å². The molecule has 0 saturated carbocycles. The second-order valence-corrected chi connectivity index (χ2v) is 8.40. The van der Waals surface area contributed by atoms with Crippen molar-refractivity contribution in [2.45, 2.75) is 45.8 Å². The monoisotopic (exact) mass is 428 g/mol. The van der Waals surface area contributed by atoms with Crippen LogP contribution in [0, 0.1) is 5.92 Å². The number of hydrogen-bond donors (Lipinski definition) is 2. The molecule has 3 rings (SSSR count). The van der Waals surface area contributed by atoms with E-state index in [9.17, 15) is 14.4 Å². The molecule has 1 saturated heterocycles. The smallest absolute Gasteiger partial charge is 0.244 e. The van der Waals surface area contributed by atoms with Crippen LogP contribution in [0.15, 0.2) is 30.7 Å².